The summed E-state index contributed by atoms with van der Waals surface area (Å²) in [6.07, 6.45) is -4.10. The van der Waals surface area contributed by atoms with Crippen LogP contribution < -0.4 is 31.4 Å². The first-order valence-electron chi connectivity index (χ1n) is 20.5. The number of ether oxygens (including phenoxy) is 5. The highest BCUT2D eigenvalue weighted by atomic mass is 32.5. The molecule has 0 aliphatic carbocycles. The first kappa shape index (κ1) is 51.1. The molecule has 1 saturated heterocycles. The molecule has 1 aromatic heterocycles. The number of aliphatic hydroxyl groups excluding tert-OH is 1. The molecule has 1 aliphatic heterocycles. The molecular formula is C44H54N5O15PS. The average molecular weight is 956 g/mol. The Balaban J connectivity index is 1.59. The lowest BCUT2D eigenvalue weighted by molar-refractivity contribution is -0.141. The Morgan fingerprint density at radius 2 is 1.52 bits per heavy atom. The summed E-state index contributed by atoms with van der Waals surface area (Å²) < 4.78 is 37.8. The van der Waals surface area contributed by atoms with Crippen LogP contribution in [-0.4, -0.2) is 117 Å². The van der Waals surface area contributed by atoms with Crippen molar-refractivity contribution < 1.29 is 62.5 Å². The van der Waals surface area contributed by atoms with Gasteiger partial charge < -0.3 is 53.9 Å². The van der Waals surface area contributed by atoms with E-state index in [0.29, 0.717) is 32.9 Å². The number of hydrogen-bond acceptors (Lipinski definition) is 14. The molecule has 6 atom stereocenters. The average Bonchev–Trinajstić information content (AvgIpc) is 3.66. The second-order valence-corrected chi connectivity index (χ2v) is 19.2. The lowest BCUT2D eigenvalue weighted by atomic mass is 9.80. The van der Waals surface area contributed by atoms with E-state index in [-0.39, 0.29) is 18.6 Å². The van der Waals surface area contributed by atoms with Crippen molar-refractivity contribution in [2.45, 2.75) is 82.8 Å². The third-order valence-electron chi connectivity index (χ3n) is 10.3. The van der Waals surface area contributed by atoms with E-state index in [0.717, 1.165) is 4.57 Å². The van der Waals surface area contributed by atoms with Gasteiger partial charge in [-0.25, -0.2) is 14.3 Å². The van der Waals surface area contributed by atoms with Crippen molar-refractivity contribution in [1.82, 2.24) is 24.9 Å². The summed E-state index contributed by atoms with van der Waals surface area (Å²) in [5.41, 5.74) is -1.98. The Kier molecular flexibility index (Phi) is 16.7. The van der Waals surface area contributed by atoms with E-state index in [1.54, 1.807) is 24.3 Å². The normalized spacial score (nSPS) is 18.0. The second-order valence-electron chi connectivity index (χ2n) is 16.2. The van der Waals surface area contributed by atoms with Crippen molar-refractivity contribution in [2.24, 2.45) is 0 Å². The zero-order valence-corrected chi connectivity index (χ0v) is 39.0. The smallest absolute Gasteiger partial charge is 0.418 e. The number of carboxylic acid groups (broad SMARTS) is 1. The van der Waals surface area contributed by atoms with Gasteiger partial charge in [0.05, 0.1) is 40.1 Å². The van der Waals surface area contributed by atoms with Crippen LogP contribution in [0.5, 0.6) is 11.5 Å². The topological polar surface area (TPSA) is 267 Å². The van der Waals surface area contributed by atoms with Gasteiger partial charge in [0.2, 0.25) is 11.8 Å². The minimum absolute atomic E-state index is 0.170. The highest BCUT2D eigenvalue weighted by molar-refractivity contribution is 8.08. The molecule has 2 heterocycles. The molecule has 0 bridgehead atoms. The summed E-state index contributed by atoms with van der Waals surface area (Å²) in [7, 11) is 3.07. The quantitative estimate of drug-likeness (QED) is 0.0583. The van der Waals surface area contributed by atoms with Crippen molar-refractivity contribution in [2.75, 3.05) is 34.0 Å². The lowest BCUT2D eigenvalue weighted by Gasteiger charge is -2.39. The summed E-state index contributed by atoms with van der Waals surface area (Å²) in [4.78, 5) is 91.5. The van der Waals surface area contributed by atoms with Crippen LogP contribution in [0.3, 0.4) is 0 Å². The van der Waals surface area contributed by atoms with Gasteiger partial charge in [0.15, 0.2) is 0 Å². The maximum Gasteiger partial charge on any atom is 0.418 e. The number of aromatic nitrogens is 2. The molecule has 0 saturated carbocycles. The number of nitrogens with zero attached hydrogens (tertiary/aromatic N) is 2. The maximum absolute atomic E-state index is 14.0. The summed E-state index contributed by atoms with van der Waals surface area (Å²) in [6, 6.07) is 20.3. The van der Waals surface area contributed by atoms with Gasteiger partial charge in [-0.15, -0.1) is 0 Å². The van der Waals surface area contributed by atoms with Crippen molar-refractivity contribution in [3.05, 3.63) is 128 Å². The molecule has 1 fully saturated rings. The number of benzene rings is 3. The predicted molar refractivity (Wildman–Crippen MR) is 241 cm³/mol. The molecule has 66 heavy (non-hydrogen) atoms. The predicted octanol–water partition coefficient (Wildman–Crippen LogP) is 3.06. The van der Waals surface area contributed by atoms with E-state index in [9.17, 15) is 43.9 Å². The number of hydrogen-bond donors (Lipinski definition) is 6. The fourth-order valence-corrected chi connectivity index (χ4v) is 9.39. The van der Waals surface area contributed by atoms with E-state index in [4.69, 9.17) is 40.0 Å². The van der Waals surface area contributed by atoms with Gasteiger partial charge in [0, 0.05) is 18.2 Å². The van der Waals surface area contributed by atoms with Crippen LogP contribution in [0.1, 0.15) is 62.6 Å². The van der Waals surface area contributed by atoms with Crippen LogP contribution in [0.25, 0.3) is 0 Å². The van der Waals surface area contributed by atoms with Crippen molar-refractivity contribution in [3.63, 3.8) is 0 Å². The number of carbonyl (C=O) groups is 4. The van der Waals surface area contributed by atoms with Gasteiger partial charge in [-0.05, 0) is 87.4 Å². The summed E-state index contributed by atoms with van der Waals surface area (Å²) >= 11 is 5.65. The first-order chi connectivity index (χ1) is 31.1. The zero-order chi connectivity index (χ0) is 48.6. The molecule has 5 rings (SSSR count). The first-order valence-corrected chi connectivity index (χ1v) is 23.2. The molecule has 1 aliphatic rings. The van der Waals surface area contributed by atoms with Crippen LogP contribution in [-0.2, 0) is 50.5 Å². The fraction of sp³-hybridized carbons (Fsp3) is 0.409. The van der Waals surface area contributed by atoms with Gasteiger partial charge >= 0.3 is 17.8 Å². The van der Waals surface area contributed by atoms with Crippen molar-refractivity contribution in [1.29, 1.82) is 0 Å². The van der Waals surface area contributed by atoms with E-state index in [2.05, 4.69) is 15.6 Å². The third kappa shape index (κ3) is 12.1. The van der Waals surface area contributed by atoms with Gasteiger partial charge in [0.25, 0.3) is 12.2 Å². The summed E-state index contributed by atoms with van der Waals surface area (Å²) in [5.74, 6) is -2.30. The number of carbonyl (C=O) groups excluding carboxylic acids is 3. The minimum atomic E-state index is -4.86. The van der Waals surface area contributed by atoms with Crippen LogP contribution >= 0.6 is 6.64 Å². The van der Waals surface area contributed by atoms with E-state index < -0.39 is 96.6 Å². The molecule has 3 aromatic carbocycles. The Morgan fingerprint density at radius 3 is 2.03 bits per heavy atom. The third-order valence-corrected chi connectivity index (χ3v) is 12.7. The standard InChI is InChI=1S/C44H54N5O15PS/c1-26-23-48(41(56)47-38(26)52)37-21-34(64-65(58,66)49(42(57)63-43(3,4)5)33(24-50)39(53)45-22-36(51)46-27(2)40(54)55)35(62-37)25-61-44(28-11-9-8-10-12-28,29-13-17-31(59-6)18-14-29)30-15-19-32(60-7)20-16-30/h8-20,23,27,33-35,37,50H,21-22,24-25H2,1-7H3,(H,45,53)(H,46,51)(H,54,55)(H,58,66)(H,47,52,56)/t27-,33-,34-,35+,37+,65?/m0/s1. The minimum Gasteiger partial charge on any atom is -0.497 e. The maximum atomic E-state index is 14.0. The van der Waals surface area contributed by atoms with Crippen molar-refractivity contribution >= 4 is 42.3 Å². The molecule has 4 aromatic rings. The van der Waals surface area contributed by atoms with Crippen molar-refractivity contribution in [3.8, 4) is 11.5 Å². The number of aliphatic hydroxyl groups is 1. The Morgan fingerprint density at radius 1 is 0.955 bits per heavy atom. The summed E-state index contributed by atoms with van der Waals surface area (Å²) in [5, 5.41) is 24.1. The van der Waals surface area contributed by atoms with Crippen LogP contribution in [0.4, 0.5) is 4.79 Å². The molecular weight excluding hydrogens is 902 g/mol. The van der Waals surface area contributed by atoms with E-state index in [1.807, 2.05) is 54.6 Å². The number of carboxylic acids is 1. The largest absolute Gasteiger partial charge is 0.497 e. The highest BCUT2D eigenvalue weighted by Gasteiger charge is 2.49. The Hall–Kier alpha value is -5.93. The lowest BCUT2D eigenvalue weighted by Crippen LogP contribution is -2.53. The van der Waals surface area contributed by atoms with Crippen LogP contribution in [0.15, 0.2) is 94.6 Å². The molecule has 0 spiro atoms. The molecule has 356 valence electrons. The van der Waals surface area contributed by atoms with Gasteiger partial charge in [-0.2, -0.15) is 0 Å². The van der Waals surface area contributed by atoms with Gasteiger partial charge in [0.1, 0.15) is 47.1 Å². The second kappa shape index (κ2) is 21.6. The molecule has 1 unspecified atom stereocenters. The number of aryl methyl sites for hydroxylation is 1. The number of aromatic amines is 1. The summed E-state index contributed by atoms with van der Waals surface area (Å²) in [6.45, 7) is 0.0253. The fourth-order valence-electron chi connectivity index (χ4n) is 7.07. The Labute approximate surface area is 385 Å². The molecule has 3 amide bonds. The monoisotopic (exact) mass is 955 g/mol. The van der Waals surface area contributed by atoms with Gasteiger partial charge in [-0.3, -0.25) is 28.7 Å². The zero-order valence-electron chi connectivity index (χ0n) is 37.3. The Bertz CT molecular complexity index is 2470. The molecule has 0 radical (unpaired) electrons. The van der Waals surface area contributed by atoms with E-state index in [1.165, 1.54) is 55.0 Å². The van der Waals surface area contributed by atoms with Gasteiger partial charge in [-0.1, -0.05) is 54.6 Å². The molecule has 20 nitrogen and oxygen atoms in total. The molecule has 22 heteroatoms. The number of amides is 3. The van der Waals surface area contributed by atoms with E-state index >= 15 is 0 Å². The number of aliphatic carboxylic acids is 1. The number of methoxy groups -OCH3 is 2. The van der Waals surface area contributed by atoms with Crippen LogP contribution in [0.2, 0.25) is 0 Å². The highest BCUT2D eigenvalue weighted by Crippen LogP contribution is 2.53. The number of H-pyrrole nitrogens is 1. The SMILES string of the molecule is COc1ccc(C(OC[C@H]2O[C@@H](n3cc(C)c(=O)[nH]c3=O)C[C@@H]2OP(O)(=S)N(C(=O)OC(C)(C)C)[C@@H](CO)C(=O)NCC(=O)N[C@@H](C)C(=O)O)(c2ccccc2)c2ccc(OC)cc2)cc1. The molecule has 6 N–H and O–H groups in total. The number of rotatable bonds is 19. The number of nitrogens with one attached hydrogen (secondary N) is 3. The van der Waals surface area contributed by atoms with Crippen LogP contribution in [0, 0.1) is 6.92 Å².